The molecule has 3 heteroatoms. The quantitative estimate of drug-likeness (QED) is 0.547. The van der Waals surface area contributed by atoms with E-state index in [1.165, 1.54) is 5.56 Å². The van der Waals surface area contributed by atoms with Crippen molar-refractivity contribution in [3.8, 4) is 0 Å². The van der Waals surface area contributed by atoms with E-state index < -0.39 is 0 Å². The molecule has 2 N–H and O–H groups in total. The normalized spacial score (nSPS) is 12.0. The molecule has 0 aliphatic rings. The van der Waals surface area contributed by atoms with Crippen LogP contribution in [0.5, 0.6) is 0 Å². The Morgan fingerprint density at radius 2 is 1.36 bits per heavy atom. The molecule has 0 unspecified atom stereocenters. The van der Waals surface area contributed by atoms with Gasteiger partial charge < -0.3 is 5.32 Å². The van der Waals surface area contributed by atoms with E-state index in [9.17, 15) is 4.79 Å². The summed E-state index contributed by atoms with van der Waals surface area (Å²) in [5.74, 6) is 0.374. The van der Waals surface area contributed by atoms with Gasteiger partial charge in [0.2, 0.25) is 5.91 Å². The standard InChI is InChI=1S/C25H28N2O/c1-3-19(2)22-16-10-11-17-23(22)27-24(28)18-26-25(20-12-6-4-7-13-20)21-14-8-5-9-15-21/h4-17,19,25-26H,3,18H2,1-2H3,(H,27,28)/t19-/m0/s1. The van der Waals surface area contributed by atoms with E-state index in [2.05, 4.69) is 54.8 Å². The lowest BCUT2D eigenvalue weighted by Crippen LogP contribution is -2.32. The monoisotopic (exact) mass is 372 g/mol. The Bertz CT molecular complexity index is 838. The van der Waals surface area contributed by atoms with Crippen LogP contribution in [-0.4, -0.2) is 12.5 Å². The number of rotatable bonds is 8. The van der Waals surface area contributed by atoms with Gasteiger partial charge >= 0.3 is 0 Å². The SMILES string of the molecule is CC[C@H](C)c1ccccc1NC(=O)CNC(c1ccccc1)c1ccccc1. The molecule has 0 radical (unpaired) electrons. The third-order valence-corrected chi connectivity index (χ3v) is 5.11. The molecule has 0 aromatic heterocycles. The van der Waals surface area contributed by atoms with Crippen molar-refractivity contribution in [3.63, 3.8) is 0 Å². The summed E-state index contributed by atoms with van der Waals surface area (Å²) in [6.07, 6.45) is 1.04. The maximum Gasteiger partial charge on any atom is 0.238 e. The van der Waals surface area contributed by atoms with Gasteiger partial charge in [0.25, 0.3) is 0 Å². The summed E-state index contributed by atoms with van der Waals surface area (Å²) in [5, 5.41) is 6.51. The van der Waals surface area contributed by atoms with Gasteiger partial charge in [-0.2, -0.15) is 0 Å². The second kappa shape index (κ2) is 9.86. The molecule has 0 aliphatic heterocycles. The molecule has 28 heavy (non-hydrogen) atoms. The summed E-state index contributed by atoms with van der Waals surface area (Å²) in [6.45, 7) is 4.59. The Labute approximate surface area is 167 Å². The second-order valence-electron chi connectivity index (χ2n) is 7.08. The van der Waals surface area contributed by atoms with Gasteiger partial charge in [-0.1, -0.05) is 92.7 Å². The lowest BCUT2D eigenvalue weighted by molar-refractivity contribution is -0.115. The van der Waals surface area contributed by atoms with Gasteiger partial charge in [-0.3, -0.25) is 10.1 Å². The molecule has 3 aromatic carbocycles. The van der Waals surface area contributed by atoms with E-state index in [4.69, 9.17) is 0 Å². The molecule has 0 aliphatic carbocycles. The number of para-hydroxylation sites is 1. The van der Waals surface area contributed by atoms with Crippen LogP contribution >= 0.6 is 0 Å². The highest BCUT2D eigenvalue weighted by Crippen LogP contribution is 2.26. The van der Waals surface area contributed by atoms with Crippen molar-refractivity contribution in [1.82, 2.24) is 5.32 Å². The van der Waals surface area contributed by atoms with Crippen molar-refractivity contribution in [3.05, 3.63) is 102 Å². The summed E-state index contributed by atoms with van der Waals surface area (Å²) in [7, 11) is 0. The number of benzene rings is 3. The van der Waals surface area contributed by atoms with Crippen LogP contribution in [0.25, 0.3) is 0 Å². The lowest BCUT2D eigenvalue weighted by atomic mass is 9.97. The first-order chi connectivity index (χ1) is 13.7. The van der Waals surface area contributed by atoms with Gasteiger partial charge in [0.05, 0.1) is 12.6 Å². The van der Waals surface area contributed by atoms with Crippen LogP contribution in [0.3, 0.4) is 0 Å². The summed E-state index contributed by atoms with van der Waals surface area (Å²) in [6, 6.07) is 28.5. The summed E-state index contributed by atoms with van der Waals surface area (Å²) >= 11 is 0. The lowest BCUT2D eigenvalue weighted by Gasteiger charge is -2.20. The van der Waals surface area contributed by atoms with E-state index in [1.807, 2.05) is 54.6 Å². The van der Waals surface area contributed by atoms with Gasteiger partial charge in [0.1, 0.15) is 0 Å². The minimum Gasteiger partial charge on any atom is -0.325 e. The van der Waals surface area contributed by atoms with E-state index in [-0.39, 0.29) is 18.5 Å². The fourth-order valence-electron chi connectivity index (χ4n) is 3.37. The van der Waals surface area contributed by atoms with Crippen LogP contribution in [0.1, 0.15) is 48.9 Å². The molecule has 0 bridgehead atoms. The number of nitrogens with one attached hydrogen (secondary N) is 2. The number of anilines is 1. The fourth-order valence-corrected chi connectivity index (χ4v) is 3.37. The molecular formula is C25H28N2O. The van der Waals surface area contributed by atoms with E-state index in [0.717, 1.165) is 23.2 Å². The maximum atomic E-state index is 12.7. The average Bonchev–Trinajstić information content (AvgIpc) is 2.75. The van der Waals surface area contributed by atoms with Crippen molar-refractivity contribution in [2.24, 2.45) is 0 Å². The molecular weight excluding hydrogens is 344 g/mol. The van der Waals surface area contributed by atoms with Gasteiger partial charge in [-0.15, -0.1) is 0 Å². The first-order valence-electron chi connectivity index (χ1n) is 9.91. The largest absolute Gasteiger partial charge is 0.325 e. The van der Waals surface area contributed by atoms with Crippen molar-refractivity contribution in [2.45, 2.75) is 32.2 Å². The van der Waals surface area contributed by atoms with E-state index in [1.54, 1.807) is 0 Å². The van der Waals surface area contributed by atoms with Gasteiger partial charge in [-0.05, 0) is 35.1 Å². The number of amides is 1. The number of carbonyl (C=O) groups excluding carboxylic acids is 1. The third-order valence-electron chi connectivity index (χ3n) is 5.11. The summed E-state index contributed by atoms with van der Waals surface area (Å²) in [4.78, 5) is 12.7. The van der Waals surface area contributed by atoms with Crippen LogP contribution in [0, 0.1) is 0 Å². The zero-order valence-electron chi connectivity index (χ0n) is 16.6. The van der Waals surface area contributed by atoms with Crippen molar-refractivity contribution in [2.75, 3.05) is 11.9 Å². The number of hydrogen-bond donors (Lipinski definition) is 2. The highest BCUT2D eigenvalue weighted by molar-refractivity contribution is 5.93. The van der Waals surface area contributed by atoms with Crippen LogP contribution in [0.2, 0.25) is 0 Å². The van der Waals surface area contributed by atoms with Crippen LogP contribution in [-0.2, 0) is 4.79 Å². The predicted octanol–water partition coefficient (Wildman–Crippen LogP) is 5.52. The van der Waals surface area contributed by atoms with Crippen molar-refractivity contribution < 1.29 is 4.79 Å². The smallest absolute Gasteiger partial charge is 0.238 e. The highest BCUT2D eigenvalue weighted by atomic mass is 16.1. The van der Waals surface area contributed by atoms with Crippen LogP contribution < -0.4 is 10.6 Å². The predicted molar refractivity (Wildman–Crippen MR) is 117 cm³/mol. The van der Waals surface area contributed by atoms with Gasteiger partial charge in [0.15, 0.2) is 0 Å². The van der Waals surface area contributed by atoms with Crippen molar-refractivity contribution >= 4 is 11.6 Å². The number of hydrogen-bond acceptors (Lipinski definition) is 2. The van der Waals surface area contributed by atoms with E-state index in [0.29, 0.717) is 5.92 Å². The molecule has 0 saturated carbocycles. The Balaban J connectivity index is 1.71. The van der Waals surface area contributed by atoms with Crippen LogP contribution in [0.4, 0.5) is 5.69 Å². The fraction of sp³-hybridized carbons (Fsp3) is 0.240. The molecule has 1 amide bonds. The zero-order chi connectivity index (χ0) is 19.8. The maximum absolute atomic E-state index is 12.7. The first kappa shape index (κ1) is 19.8. The van der Waals surface area contributed by atoms with Crippen molar-refractivity contribution in [1.29, 1.82) is 0 Å². The molecule has 3 aromatic rings. The topological polar surface area (TPSA) is 41.1 Å². The molecule has 0 spiro atoms. The molecule has 3 nitrogen and oxygen atoms in total. The molecule has 0 saturated heterocycles. The summed E-state index contributed by atoms with van der Waals surface area (Å²) < 4.78 is 0. The van der Waals surface area contributed by atoms with Gasteiger partial charge in [0, 0.05) is 5.69 Å². The Morgan fingerprint density at radius 1 is 0.821 bits per heavy atom. The third kappa shape index (κ3) is 5.08. The van der Waals surface area contributed by atoms with E-state index >= 15 is 0 Å². The van der Waals surface area contributed by atoms with Gasteiger partial charge in [-0.25, -0.2) is 0 Å². The first-order valence-corrected chi connectivity index (χ1v) is 9.91. The minimum absolute atomic E-state index is 0.0297. The Morgan fingerprint density at radius 3 is 1.93 bits per heavy atom. The summed E-state index contributed by atoms with van der Waals surface area (Å²) in [5.41, 5.74) is 4.36. The number of carbonyl (C=O) groups is 1. The highest BCUT2D eigenvalue weighted by Gasteiger charge is 2.16. The molecule has 144 valence electrons. The molecule has 1 atom stereocenters. The Hall–Kier alpha value is -2.91. The molecule has 0 fully saturated rings. The Kier molecular flexibility index (Phi) is 6.99. The zero-order valence-corrected chi connectivity index (χ0v) is 16.6. The molecule has 0 heterocycles. The van der Waals surface area contributed by atoms with Crippen LogP contribution in [0.15, 0.2) is 84.9 Å². The minimum atomic E-state index is -0.0346. The average molecular weight is 373 g/mol. The second-order valence-corrected chi connectivity index (χ2v) is 7.08. The molecule has 3 rings (SSSR count).